The van der Waals surface area contributed by atoms with E-state index in [0.29, 0.717) is 37.8 Å². The second-order valence-corrected chi connectivity index (χ2v) is 13.0. The Balaban J connectivity index is 1.30. The Bertz CT molecular complexity index is 1280. The molecule has 4 aliphatic rings. The molecular formula is C30H42FN3O11. The smallest absolute Gasteiger partial charge is 0.408 e. The number of rotatable bonds is 13. The van der Waals surface area contributed by atoms with E-state index < -0.39 is 82.2 Å². The molecule has 2 fully saturated rings. The molecule has 250 valence electrons. The highest BCUT2D eigenvalue weighted by molar-refractivity contribution is 5.94. The van der Waals surface area contributed by atoms with Gasteiger partial charge in [0.2, 0.25) is 11.7 Å². The lowest BCUT2D eigenvalue weighted by Gasteiger charge is -2.61. The molecule has 4 aliphatic carbocycles. The molecule has 0 spiro atoms. The first-order chi connectivity index (χ1) is 21.1. The number of halogens is 1. The molecule has 8 atom stereocenters. The number of fused-ring (bicyclic) bond motifs is 5. The number of alkyl halides is 1. The van der Waals surface area contributed by atoms with Gasteiger partial charge in [-0.2, -0.15) is 0 Å². The molecule has 0 aromatic carbocycles. The van der Waals surface area contributed by atoms with Crippen molar-refractivity contribution in [2.24, 2.45) is 22.7 Å². The fraction of sp³-hybridized carbons (Fsp3) is 0.733. The summed E-state index contributed by atoms with van der Waals surface area (Å²) in [5.74, 6) is -3.29. The van der Waals surface area contributed by atoms with Crippen LogP contribution in [0.3, 0.4) is 0 Å². The summed E-state index contributed by atoms with van der Waals surface area (Å²) in [5, 5.41) is 48.1. The van der Waals surface area contributed by atoms with Gasteiger partial charge in [0.05, 0.1) is 25.4 Å². The lowest BCUT2D eigenvalue weighted by atomic mass is 9.45. The van der Waals surface area contributed by atoms with Crippen LogP contribution in [0.5, 0.6) is 0 Å². The second-order valence-electron chi connectivity index (χ2n) is 13.0. The van der Waals surface area contributed by atoms with Gasteiger partial charge in [-0.25, -0.2) is 9.18 Å². The molecule has 0 aromatic rings. The SMILES string of the molecule is C[C@]12C=CC(=O)CC1=CC[C@H]1[C@@H]3C[C@@H](O)[C@](O)(C(=O)COC(=O)NCC(=O)NCCCCCCO[N+](=O)[O-])[C@@]3(C)C[C@H](O)[C@@]12F. The molecule has 0 aromatic heterocycles. The van der Waals surface area contributed by atoms with Crippen LogP contribution in [0.2, 0.25) is 0 Å². The van der Waals surface area contributed by atoms with Gasteiger partial charge in [0, 0.05) is 29.7 Å². The number of carbonyl (C=O) groups is 4. The number of ketones is 2. The molecule has 5 N–H and O–H groups in total. The number of nitrogens with one attached hydrogen (secondary N) is 2. The minimum Gasteiger partial charge on any atom is -0.441 e. The van der Waals surface area contributed by atoms with Gasteiger partial charge in [-0.15, -0.1) is 10.1 Å². The van der Waals surface area contributed by atoms with Gasteiger partial charge in [0.25, 0.3) is 5.09 Å². The van der Waals surface area contributed by atoms with Crippen LogP contribution in [0.1, 0.15) is 65.2 Å². The number of alkyl carbamates (subject to hydrolysis) is 1. The Morgan fingerprint density at radius 2 is 1.82 bits per heavy atom. The molecule has 0 aliphatic heterocycles. The minimum atomic E-state index is -2.45. The Morgan fingerprint density at radius 3 is 2.53 bits per heavy atom. The van der Waals surface area contributed by atoms with Gasteiger partial charge in [-0.1, -0.05) is 37.5 Å². The normalized spacial score (nSPS) is 36.6. The highest BCUT2D eigenvalue weighted by Gasteiger charge is 2.76. The molecule has 4 rings (SSSR count). The molecule has 0 bridgehead atoms. The predicted octanol–water partition coefficient (Wildman–Crippen LogP) is 1.24. The Morgan fingerprint density at radius 1 is 1.11 bits per heavy atom. The van der Waals surface area contributed by atoms with Crippen molar-refractivity contribution in [2.45, 2.75) is 88.7 Å². The van der Waals surface area contributed by atoms with Crippen molar-refractivity contribution in [3.63, 3.8) is 0 Å². The number of hydrogen-bond donors (Lipinski definition) is 5. The lowest BCUT2D eigenvalue weighted by molar-refractivity contribution is -0.757. The monoisotopic (exact) mass is 639 g/mol. The highest BCUT2D eigenvalue weighted by atomic mass is 19.1. The van der Waals surface area contributed by atoms with Crippen LogP contribution in [0.4, 0.5) is 9.18 Å². The average Bonchev–Trinajstić information content (AvgIpc) is 3.18. The topological polar surface area (TPSA) is 215 Å². The summed E-state index contributed by atoms with van der Waals surface area (Å²) in [6.45, 7) is 2.10. The fourth-order valence-electron chi connectivity index (χ4n) is 8.09. The van der Waals surface area contributed by atoms with E-state index in [-0.39, 0.29) is 38.1 Å². The number of aliphatic hydroxyl groups excluding tert-OH is 2. The molecule has 45 heavy (non-hydrogen) atoms. The first-order valence-corrected chi connectivity index (χ1v) is 15.3. The van der Waals surface area contributed by atoms with E-state index >= 15 is 4.39 Å². The molecule has 2 saturated carbocycles. The zero-order chi connectivity index (χ0) is 33.2. The Labute approximate surface area is 259 Å². The van der Waals surface area contributed by atoms with E-state index in [1.807, 2.05) is 0 Å². The Kier molecular flexibility index (Phi) is 10.0. The maximum Gasteiger partial charge on any atom is 0.408 e. The van der Waals surface area contributed by atoms with Crippen molar-refractivity contribution in [1.82, 2.24) is 10.6 Å². The molecular weight excluding hydrogens is 597 g/mol. The van der Waals surface area contributed by atoms with E-state index in [1.54, 1.807) is 13.0 Å². The van der Waals surface area contributed by atoms with Crippen molar-refractivity contribution in [3.05, 3.63) is 33.9 Å². The molecule has 14 nitrogen and oxygen atoms in total. The van der Waals surface area contributed by atoms with Gasteiger partial charge in [0.1, 0.15) is 0 Å². The Hall–Kier alpha value is -3.43. The number of aliphatic hydroxyl groups is 3. The van der Waals surface area contributed by atoms with Crippen molar-refractivity contribution < 1.29 is 53.5 Å². The van der Waals surface area contributed by atoms with Crippen molar-refractivity contribution >= 4 is 23.6 Å². The van der Waals surface area contributed by atoms with Gasteiger partial charge in [-0.3, -0.25) is 14.4 Å². The maximum absolute atomic E-state index is 17.2. The van der Waals surface area contributed by atoms with Gasteiger partial charge >= 0.3 is 6.09 Å². The van der Waals surface area contributed by atoms with Gasteiger partial charge in [0.15, 0.2) is 23.7 Å². The highest BCUT2D eigenvalue weighted by Crippen LogP contribution is 2.69. The van der Waals surface area contributed by atoms with E-state index in [2.05, 4.69) is 15.5 Å². The van der Waals surface area contributed by atoms with Crippen molar-refractivity contribution in [1.29, 1.82) is 0 Å². The quantitative estimate of drug-likeness (QED) is 0.0836. The zero-order valence-corrected chi connectivity index (χ0v) is 25.5. The summed E-state index contributed by atoms with van der Waals surface area (Å²) in [5.41, 5.74) is -6.82. The van der Waals surface area contributed by atoms with Crippen LogP contribution < -0.4 is 10.6 Å². The van der Waals surface area contributed by atoms with Crippen LogP contribution in [0.25, 0.3) is 0 Å². The number of carbonyl (C=O) groups excluding carboxylic acids is 4. The average molecular weight is 640 g/mol. The van der Waals surface area contributed by atoms with E-state index in [1.165, 1.54) is 19.1 Å². The second kappa shape index (κ2) is 13.1. The molecule has 0 unspecified atom stereocenters. The van der Waals surface area contributed by atoms with E-state index in [9.17, 15) is 44.6 Å². The standard InChI is InChI=1S/C30H42FN3O11/c1-27-10-9-19(35)13-18(27)7-8-20-21-14-22(36)30(41,28(21,2)15-23(37)29(20,27)31)24(38)17-44-26(40)33-16-25(39)32-11-5-3-4-6-12-45-34(42)43/h7,9-10,20-23,36-37,41H,3-6,8,11-17H2,1-2H3,(H,32,39)(H,33,40)/t20-,21-,22+,23-,27-,28-,29-,30-/m0/s1. The van der Waals surface area contributed by atoms with Crippen LogP contribution in [0, 0.1) is 32.8 Å². The molecule has 2 amide bonds. The van der Waals surface area contributed by atoms with Crippen LogP contribution >= 0.6 is 0 Å². The predicted molar refractivity (Wildman–Crippen MR) is 153 cm³/mol. The number of allylic oxidation sites excluding steroid dienone is 4. The lowest BCUT2D eigenvalue weighted by Crippen LogP contribution is -2.69. The third-order valence-electron chi connectivity index (χ3n) is 10.6. The third-order valence-corrected chi connectivity index (χ3v) is 10.6. The number of nitrogens with zero attached hydrogens (tertiary/aromatic N) is 1. The number of unbranched alkanes of at least 4 members (excludes halogenated alkanes) is 3. The minimum absolute atomic E-state index is 0.00455. The summed E-state index contributed by atoms with van der Waals surface area (Å²) >= 11 is 0. The zero-order valence-electron chi connectivity index (χ0n) is 25.5. The van der Waals surface area contributed by atoms with E-state index in [0.717, 1.165) is 0 Å². The van der Waals surface area contributed by atoms with Crippen LogP contribution in [0.15, 0.2) is 23.8 Å². The number of ether oxygens (including phenoxy) is 1. The van der Waals surface area contributed by atoms with Crippen molar-refractivity contribution in [3.8, 4) is 0 Å². The molecule has 0 radical (unpaired) electrons. The first-order valence-electron chi connectivity index (χ1n) is 15.3. The van der Waals surface area contributed by atoms with Crippen molar-refractivity contribution in [2.75, 3.05) is 26.3 Å². The summed E-state index contributed by atoms with van der Waals surface area (Å²) < 4.78 is 22.2. The van der Waals surface area contributed by atoms with E-state index in [4.69, 9.17) is 4.74 Å². The molecule has 15 heteroatoms. The number of amides is 2. The third kappa shape index (κ3) is 6.09. The summed E-state index contributed by atoms with van der Waals surface area (Å²) in [6.07, 6.45) is 2.43. The molecule has 0 saturated heterocycles. The largest absolute Gasteiger partial charge is 0.441 e. The first kappa shape index (κ1) is 34.4. The van der Waals surface area contributed by atoms with Crippen LogP contribution in [-0.2, 0) is 24.0 Å². The number of hydrogen-bond acceptors (Lipinski definition) is 11. The fourth-order valence-corrected chi connectivity index (χ4v) is 8.09. The maximum atomic E-state index is 17.2. The van der Waals surface area contributed by atoms with Crippen LogP contribution in [-0.4, -0.2) is 93.8 Å². The van der Waals surface area contributed by atoms with Gasteiger partial charge < -0.3 is 35.5 Å². The van der Waals surface area contributed by atoms with Gasteiger partial charge in [-0.05, 0) is 51.0 Å². The summed E-state index contributed by atoms with van der Waals surface area (Å²) in [4.78, 5) is 63.9. The number of Topliss-reactive ketones (excluding diaryl/α,β-unsaturated/α-hetero) is 1. The summed E-state index contributed by atoms with van der Waals surface area (Å²) in [7, 11) is 0. The molecule has 0 heterocycles. The summed E-state index contributed by atoms with van der Waals surface area (Å²) in [6, 6.07) is 0.